The van der Waals surface area contributed by atoms with E-state index in [1.165, 1.54) is 54.7 Å². The number of furan rings is 1. The van der Waals surface area contributed by atoms with Gasteiger partial charge in [-0.3, -0.25) is 0 Å². The molecule has 0 radical (unpaired) electrons. The Kier molecular flexibility index (Phi) is 9.53. The second-order valence-electron chi connectivity index (χ2n) is 18.5. The minimum absolute atomic E-state index is 0.883. The molecule has 332 valence electrons. The van der Waals surface area contributed by atoms with Crippen molar-refractivity contribution in [2.45, 2.75) is 0 Å². The lowest BCUT2D eigenvalue weighted by atomic mass is 9.95. The second-order valence-corrected chi connectivity index (χ2v) is 18.5. The monoisotopic (exact) mass is 904 g/mol. The lowest BCUT2D eigenvalue weighted by molar-refractivity contribution is 0.673. The summed E-state index contributed by atoms with van der Waals surface area (Å²) in [4.78, 5) is 2.37. The van der Waals surface area contributed by atoms with Crippen LogP contribution >= 0.6 is 0 Å². The number of nitrogens with zero attached hydrogens (tertiary/aromatic N) is 2. The van der Waals surface area contributed by atoms with Gasteiger partial charge in [0.2, 0.25) is 0 Å². The third-order valence-electron chi connectivity index (χ3n) is 14.4. The van der Waals surface area contributed by atoms with E-state index in [1.807, 2.05) is 0 Å². The van der Waals surface area contributed by atoms with E-state index in [4.69, 9.17) is 4.42 Å². The van der Waals surface area contributed by atoms with Crippen LogP contribution in [0.4, 0.5) is 17.1 Å². The number of aromatic nitrogens is 1. The molecule has 0 N–H and O–H groups in total. The Hall–Kier alpha value is -9.44. The van der Waals surface area contributed by atoms with E-state index in [0.29, 0.717) is 0 Å². The molecule has 2 heterocycles. The predicted octanol–water partition coefficient (Wildman–Crippen LogP) is 19.1. The molecule has 3 nitrogen and oxygen atoms in total. The number of fused-ring (bicyclic) bond motifs is 9. The first-order chi connectivity index (χ1) is 35.2. The van der Waals surface area contributed by atoms with E-state index >= 15 is 0 Å². The summed E-state index contributed by atoms with van der Waals surface area (Å²) in [7, 11) is 0. The average Bonchev–Trinajstić information content (AvgIpc) is 4.00. The molecule has 0 aliphatic heterocycles. The van der Waals surface area contributed by atoms with E-state index in [1.54, 1.807) is 0 Å². The van der Waals surface area contributed by atoms with Crippen LogP contribution < -0.4 is 4.90 Å². The van der Waals surface area contributed by atoms with E-state index < -0.39 is 0 Å². The summed E-state index contributed by atoms with van der Waals surface area (Å²) in [6.07, 6.45) is 0. The number of benzene rings is 12. The maximum absolute atomic E-state index is 6.65. The molecule has 71 heavy (non-hydrogen) atoms. The van der Waals surface area contributed by atoms with Gasteiger partial charge >= 0.3 is 0 Å². The normalized spacial score (nSPS) is 11.7. The van der Waals surface area contributed by atoms with Crippen LogP contribution in [0, 0.1) is 0 Å². The van der Waals surface area contributed by atoms with Crippen LogP contribution in [0.5, 0.6) is 0 Å². The third kappa shape index (κ3) is 6.89. The zero-order valence-electron chi connectivity index (χ0n) is 38.7. The molecule has 3 heteroatoms. The summed E-state index contributed by atoms with van der Waals surface area (Å²) in [5, 5.41) is 9.55. The molecule has 0 bridgehead atoms. The Morgan fingerprint density at radius 3 is 1.54 bits per heavy atom. The highest BCUT2D eigenvalue weighted by atomic mass is 16.3. The van der Waals surface area contributed by atoms with Crippen LogP contribution in [0.3, 0.4) is 0 Å². The minimum Gasteiger partial charge on any atom is -0.455 e. The highest BCUT2D eigenvalue weighted by molar-refractivity contribution is 6.19. The molecule has 0 atom stereocenters. The van der Waals surface area contributed by atoms with Crippen molar-refractivity contribution in [3.8, 4) is 50.2 Å². The van der Waals surface area contributed by atoms with Gasteiger partial charge < -0.3 is 13.9 Å². The number of hydrogen-bond acceptors (Lipinski definition) is 2. The summed E-state index contributed by atoms with van der Waals surface area (Å²) in [6.45, 7) is 0. The van der Waals surface area contributed by atoms with Gasteiger partial charge in [-0.2, -0.15) is 0 Å². The molecule has 0 saturated carbocycles. The van der Waals surface area contributed by atoms with Gasteiger partial charge in [0.05, 0.1) is 11.0 Å². The molecule has 0 unspecified atom stereocenters. The lowest BCUT2D eigenvalue weighted by Gasteiger charge is -2.26. The Balaban J connectivity index is 0.869. The summed E-state index contributed by atoms with van der Waals surface area (Å²) >= 11 is 0. The van der Waals surface area contributed by atoms with Crippen molar-refractivity contribution in [1.82, 2.24) is 4.57 Å². The Morgan fingerprint density at radius 1 is 0.296 bits per heavy atom. The van der Waals surface area contributed by atoms with Crippen molar-refractivity contribution in [3.05, 3.63) is 267 Å². The van der Waals surface area contributed by atoms with Gasteiger partial charge in [0.25, 0.3) is 0 Å². The fraction of sp³-hybridized carbons (Fsp3) is 0. The molecule has 0 fully saturated rings. The second kappa shape index (κ2) is 16.7. The maximum Gasteiger partial charge on any atom is 0.143 e. The van der Waals surface area contributed by atoms with E-state index in [9.17, 15) is 0 Å². The van der Waals surface area contributed by atoms with Gasteiger partial charge in [0, 0.05) is 49.7 Å². The maximum atomic E-state index is 6.65. The largest absolute Gasteiger partial charge is 0.455 e. The van der Waals surface area contributed by atoms with Gasteiger partial charge in [-0.15, -0.1) is 0 Å². The van der Waals surface area contributed by atoms with Crippen LogP contribution in [0.15, 0.2) is 271 Å². The first-order valence-corrected chi connectivity index (χ1v) is 24.3. The predicted molar refractivity (Wildman–Crippen MR) is 299 cm³/mol. The SMILES string of the molecule is c1cc(-c2ccc(N(c3ccc(-c4cccc(-n5c6ccccc6c6ccccc65)c4)cc3)c3cccc(-c4cccc5oc6c7ccccc7ccc6c45)c3)cc2)cc(-c2cccc3ccccc23)c1. The summed E-state index contributed by atoms with van der Waals surface area (Å²) in [5.74, 6) is 0. The van der Waals surface area contributed by atoms with Crippen molar-refractivity contribution in [2.75, 3.05) is 4.90 Å². The number of para-hydroxylation sites is 2. The molecule has 0 saturated heterocycles. The zero-order valence-corrected chi connectivity index (χ0v) is 38.7. The minimum atomic E-state index is 0.883. The molecular weight excluding hydrogens is 861 g/mol. The Morgan fingerprint density at radius 2 is 0.817 bits per heavy atom. The molecular formula is C68H44N2O. The van der Waals surface area contributed by atoms with E-state index in [2.05, 4.69) is 276 Å². The van der Waals surface area contributed by atoms with Crippen molar-refractivity contribution >= 4 is 82.4 Å². The zero-order chi connectivity index (χ0) is 46.8. The van der Waals surface area contributed by atoms with Crippen LogP contribution in [-0.2, 0) is 0 Å². The quantitative estimate of drug-likeness (QED) is 0.151. The van der Waals surface area contributed by atoms with Crippen molar-refractivity contribution in [3.63, 3.8) is 0 Å². The van der Waals surface area contributed by atoms with Crippen molar-refractivity contribution in [1.29, 1.82) is 0 Å². The highest BCUT2D eigenvalue weighted by Crippen LogP contribution is 2.43. The fourth-order valence-electron chi connectivity index (χ4n) is 11.0. The number of hydrogen-bond donors (Lipinski definition) is 0. The molecule has 0 aliphatic rings. The van der Waals surface area contributed by atoms with Crippen LogP contribution in [0.2, 0.25) is 0 Å². The van der Waals surface area contributed by atoms with Crippen LogP contribution in [0.1, 0.15) is 0 Å². The standard InChI is InChI=1S/C68H44N2O/c1-3-23-57-47(14-1)16-12-27-58(57)51-19-9-17-49(42-51)45-32-37-53(38-33-45)69(55-21-11-20-52(44-55)59-28-13-31-66-67(59)63-41-36-48-15-2-4-24-60(48)68(63)71-66)54-39-34-46(35-40-54)50-18-10-22-56(43-50)70-64-29-7-5-25-61(64)62-26-6-8-30-65(62)70/h1-44H. The lowest BCUT2D eigenvalue weighted by Crippen LogP contribution is -2.10. The topological polar surface area (TPSA) is 21.3 Å². The van der Waals surface area contributed by atoms with Crippen molar-refractivity contribution < 1.29 is 4.42 Å². The smallest absolute Gasteiger partial charge is 0.143 e. The molecule has 14 rings (SSSR count). The molecule has 12 aromatic carbocycles. The Bertz CT molecular complexity index is 4290. The van der Waals surface area contributed by atoms with Crippen LogP contribution in [0.25, 0.3) is 115 Å². The first kappa shape index (κ1) is 40.6. The summed E-state index contributed by atoms with van der Waals surface area (Å²) < 4.78 is 9.03. The van der Waals surface area contributed by atoms with Gasteiger partial charge in [-0.1, -0.05) is 188 Å². The van der Waals surface area contributed by atoms with Crippen molar-refractivity contribution in [2.24, 2.45) is 0 Å². The molecule has 2 aromatic heterocycles. The third-order valence-corrected chi connectivity index (χ3v) is 14.4. The molecule has 0 spiro atoms. The van der Waals surface area contributed by atoms with Gasteiger partial charge in [0.1, 0.15) is 11.2 Å². The van der Waals surface area contributed by atoms with Gasteiger partial charge in [-0.25, -0.2) is 0 Å². The number of anilines is 3. The number of rotatable bonds is 8. The molecule has 0 aliphatic carbocycles. The summed E-state index contributed by atoms with van der Waals surface area (Å²) in [5.41, 5.74) is 17.9. The van der Waals surface area contributed by atoms with Gasteiger partial charge in [0.15, 0.2) is 0 Å². The highest BCUT2D eigenvalue weighted by Gasteiger charge is 2.19. The first-order valence-electron chi connectivity index (χ1n) is 24.3. The summed E-state index contributed by atoms with van der Waals surface area (Å²) in [6, 6.07) is 96.7. The fourth-order valence-corrected chi connectivity index (χ4v) is 11.0. The van der Waals surface area contributed by atoms with E-state index in [0.717, 1.165) is 77.9 Å². The van der Waals surface area contributed by atoms with E-state index in [-0.39, 0.29) is 0 Å². The average molecular weight is 905 g/mol. The Labute approximate surface area is 411 Å². The molecule has 14 aromatic rings. The molecule has 0 amide bonds. The van der Waals surface area contributed by atoms with Gasteiger partial charge in [-0.05, 0) is 140 Å². The van der Waals surface area contributed by atoms with Crippen LogP contribution in [-0.4, -0.2) is 4.57 Å².